The summed E-state index contributed by atoms with van der Waals surface area (Å²) in [5, 5.41) is 14.3. The molecule has 314 valence electrons. The minimum Gasteiger partial charge on any atom is -0.497 e. The molecule has 0 spiro atoms. The first-order chi connectivity index (χ1) is 27.3. The lowest BCUT2D eigenvalue weighted by atomic mass is 9.95. The summed E-state index contributed by atoms with van der Waals surface area (Å²) in [6.45, 7) is 4.97. The van der Waals surface area contributed by atoms with Crippen molar-refractivity contribution in [3.05, 3.63) is 36.0 Å². The molecule has 1 aromatic heterocycles. The molecule has 2 aromatic rings. The van der Waals surface area contributed by atoms with Crippen molar-refractivity contribution < 1.29 is 38.0 Å². The molecule has 0 radical (unpaired) electrons. The van der Waals surface area contributed by atoms with Crippen LogP contribution < -0.4 is 24.8 Å². The van der Waals surface area contributed by atoms with Gasteiger partial charge in [-0.15, -0.1) is 0 Å². The third kappa shape index (κ3) is 12.4. The molecule has 4 N–H and O–H groups in total. The van der Waals surface area contributed by atoms with Crippen molar-refractivity contribution in [3.8, 4) is 11.6 Å². The van der Waals surface area contributed by atoms with E-state index in [9.17, 15) is 28.5 Å². The first-order valence-electron chi connectivity index (χ1n) is 20.8. The summed E-state index contributed by atoms with van der Waals surface area (Å²) in [6, 6.07) is 4.36. The molecule has 2 unspecified atom stereocenters. The summed E-state index contributed by atoms with van der Waals surface area (Å²) in [4.78, 5) is 64.0. The molecular weight excluding hydrogens is 749 g/mol. The first-order valence-corrected chi connectivity index (χ1v) is 22.0. The Bertz CT molecular complexity index is 1780. The highest BCUT2D eigenvalue weighted by Crippen LogP contribution is 2.40. The third-order valence-electron chi connectivity index (χ3n) is 11.6. The second-order valence-corrected chi connectivity index (χ2v) is 18.1. The van der Waals surface area contributed by atoms with E-state index >= 15 is 0 Å². The van der Waals surface area contributed by atoms with Crippen LogP contribution in [0.15, 0.2) is 30.4 Å². The van der Waals surface area contributed by atoms with Gasteiger partial charge in [-0.3, -0.25) is 19.1 Å². The summed E-state index contributed by atoms with van der Waals surface area (Å²) in [7, 11) is -0.0698. The summed E-state index contributed by atoms with van der Waals surface area (Å²) in [6.07, 6.45) is 17.6. The van der Waals surface area contributed by atoms with Gasteiger partial charge in [0, 0.05) is 12.5 Å². The maximum Gasteiger partial charge on any atom is 0.405 e. The van der Waals surface area contributed by atoms with E-state index in [0.717, 1.165) is 63.7 Å². The van der Waals surface area contributed by atoms with Gasteiger partial charge in [0.2, 0.25) is 17.7 Å². The zero-order chi connectivity index (χ0) is 41.0. The number of benzene rings is 1. The van der Waals surface area contributed by atoms with Gasteiger partial charge < -0.3 is 30.1 Å². The van der Waals surface area contributed by atoms with E-state index in [0.29, 0.717) is 34.8 Å². The number of rotatable bonds is 22. The van der Waals surface area contributed by atoms with E-state index in [4.69, 9.17) is 19.4 Å². The number of unbranched alkanes of at least 4 members (excludes halogenated alkanes) is 5. The summed E-state index contributed by atoms with van der Waals surface area (Å²) >= 11 is 0. The number of hydrogen-bond donors (Lipinski definition) is 4. The predicted octanol–water partition coefficient (Wildman–Crippen LogP) is 6.28. The lowest BCUT2D eigenvalue weighted by molar-refractivity contribution is -0.140. The number of amides is 4. The second kappa shape index (κ2) is 20.4. The smallest absolute Gasteiger partial charge is 0.405 e. The largest absolute Gasteiger partial charge is 0.497 e. The maximum atomic E-state index is 14.3. The number of aryl methyl sites for hydroxylation is 1. The number of carbonyl (C=O) groups is 4. The van der Waals surface area contributed by atoms with Gasteiger partial charge in [-0.2, -0.15) is 0 Å². The zero-order valence-corrected chi connectivity index (χ0v) is 34.9. The van der Waals surface area contributed by atoms with Crippen LogP contribution in [0.5, 0.6) is 11.6 Å². The molecule has 57 heavy (non-hydrogen) atoms. The molecule has 3 fully saturated rings. The Kier molecular flexibility index (Phi) is 15.7. The van der Waals surface area contributed by atoms with Gasteiger partial charge in [0.1, 0.15) is 46.7 Å². The zero-order valence-electron chi connectivity index (χ0n) is 34.1. The maximum absolute atomic E-state index is 14.3. The SMILES string of the molecule is CCCCC/C=C\C[C@@](C)(NC(=O)C1C[C@@H](Oc2nc3cc(OC)ccc3nc2CCCCCC2CCCC2)CN1C(=O)CNC(=O)O)C(=O)NS(=O)C1(C)CC1. The number of methoxy groups -OCH3 is 1. The third-order valence-corrected chi connectivity index (χ3v) is 13.3. The van der Waals surface area contributed by atoms with Gasteiger partial charge in [0.25, 0.3) is 5.91 Å². The van der Waals surface area contributed by atoms with Gasteiger partial charge >= 0.3 is 6.09 Å². The van der Waals surface area contributed by atoms with Crippen LogP contribution in [-0.2, 0) is 31.8 Å². The molecule has 1 aliphatic heterocycles. The minimum absolute atomic E-state index is 0.0283. The number of nitrogens with zero attached hydrogens (tertiary/aromatic N) is 3. The number of aromatic nitrogens is 2. The van der Waals surface area contributed by atoms with Crippen LogP contribution in [0.3, 0.4) is 0 Å². The van der Waals surface area contributed by atoms with Gasteiger partial charge in [-0.05, 0) is 76.8 Å². The Labute approximate surface area is 339 Å². The first kappa shape index (κ1) is 43.8. The van der Waals surface area contributed by atoms with Crippen molar-refractivity contribution in [2.24, 2.45) is 5.92 Å². The molecule has 1 saturated heterocycles. The van der Waals surface area contributed by atoms with E-state index in [1.54, 1.807) is 20.1 Å². The molecule has 3 aliphatic rings. The van der Waals surface area contributed by atoms with Crippen molar-refractivity contribution in [3.63, 3.8) is 0 Å². The van der Waals surface area contributed by atoms with Gasteiger partial charge in [0.15, 0.2) is 0 Å². The lowest BCUT2D eigenvalue weighted by Crippen LogP contribution is -2.61. The van der Waals surface area contributed by atoms with E-state index in [-0.39, 0.29) is 19.4 Å². The van der Waals surface area contributed by atoms with Crippen LogP contribution >= 0.6 is 0 Å². The molecule has 2 aliphatic carbocycles. The van der Waals surface area contributed by atoms with Gasteiger partial charge in [0.05, 0.1) is 29.4 Å². The predicted molar refractivity (Wildman–Crippen MR) is 219 cm³/mol. The van der Waals surface area contributed by atoms with Gasteiger partial charge in [-0.1, -0.05) is 76.9 Å². The minimum atomic E-state index is -1.64. The average Bonchev–Trinajstić information content (AvgIpc) is 3.52. The Morgan fingerprint density at radius 3 is 2.53 bits per heavy atom. The molecule has 4 amide bonds. The Morgan fingerprint density at radius 1 is 1.05 bits per heavy atom. The average molecular weight is 811 g/mol. The van der Waals surface area contributed by atoms with E-state index < -0.39 is 63.8 Å². The molecule has 1 aromatic carbocycles. The number of carboxylic acid groups (broad SMARTS) is 1. The number of ether oxygens (including phenoxy) is 2. The number of allylic oxidation sites excluding steroid dienone is 1. The van der Waals surface area contributed by atoms with Crippen LogP contribution in [0.4, 0.5) is 4.79 Å². The molecule has 15 heteroatoms. The molecule has 14 nitrogen and oxygen atoms in total. The molecular formula is C42H62N6O8S. The molecule has 2 heterocycles. The van der Waals surface area contributed by atoms with Crippen molar-refractivity contribution >= 4 is 45.8 Å². The number of carbonyl (C=O) groups excluding carboxylic acids is 3. The summed E-state index contributed by atoms with van der Waals surface area (Å²) in [5.41, 5.74) is 0.444. The lowest BCUT2D eigenvalue weighted by Gasteiger charge is -2.32. The molecule has 0 bridgehead atoms. The fourth-order valence-corrected chi connectivity index (χ4v) is 8.76. The van der Waals surface area contributed by atoms with E-state index in [1.807, 2.05) is 31.2 Å². The molecule has 4 atom stereocenters. The van der Waals surface area contributed by atoms with Crippen LogP contribution in [0.1, 0.15) is 129 Å². The fraction of sp³-hybridized carbons (Fsp3) is 0.667. The van der Waals surface area contributed by atoms with Crippen molar-refractivity contribution in [1.29, 1.82) is 0 Å². The highest BCUT2D eigenvalue weighted by Gasteiger charge is 2.48. The number of nitrogens with one attached hydrogen (secondary N) is 3. The summed E-state index contributed by atoms with van der Waals surface area (Å²) < 4.78 is 27.2. The Balaban J connectivity index is 1.36. The van der Waals surface area contributed by atoms with Crippen LogP contribution in [0.2, 0.25) is 0 Å². The van der Waals surface area contributed by atoms with Gasteiger partial charge in [-0.25, -0.2) is 19.0 Å². The number of likely N-dealkylation sites (tertiary alicyclic amines) is 1. The summed E-state index contributed by atoms with van der Waals surface area (Å²) in [5.74, 6) is -0.0702. The number of hydrogen-bond acceptors (Lipinski definition) is 9. The Morgan fingerprint density at radius 2 is 1.82 bits per heavy atom. The standard InChI is InChI=1S/C42H62N6O8S/c1-5-6-7-8-9-15-22-42(3,39(51)47-57(54)41(2)23-24-41)46-37(50)35-26-31(28-48(35)36(49)27-43-40(52)53)56-38-33(19-12-10-11-16-29-17-13-14-18-29)44-32-21-20-30(55-4)25-34(32)45-38/h9,15,20-21,25,29,31,35,43H,5-8,10-14,16-19,22-24,26-28H2,1-4H3,(H,46,50)(H,47,51)(H,52,53)/b15-9-/t31-,35?,42-,57?/m1/s1. The highest BCUT2D eigenvalue weighted by molar-refractivity contribution is 7.85. The Hall–Kier alpha value is -4.27. The second-order valence-electron chi connectivity index (χ2n) is 16.4. The number of fused-ring (bicyclic) bond motifs is 1. The topological polar surface area (TPSA) is 189 Å². The highest BCUT2D eigenvalue weighted by atomic mass is 32.2. The quantitative estimate of drug-likeness (QED) is 0.0778. The van der Waals surface area contributed by atoms with Crippen LogP contribution in [0.25, 0.3) is 11.0 Å². The monoisotopic (exact) mass is 810 g/mol. The van der Waals surface area contributed by atoms with Crippen molar-refractivity contribution in [2.75, 3.05) is 20.2 Å². The molecule has 5 rings (SSSR count). The van der Waals surface area contributed by atoms with Crippen LogP contribution in [-0.4, -0.2) is 90.6 Å². The fourth-order valence-electron chi connectivity index (χ4n) is 7.64. The van der Waals surface area contributed by atoms with E-state index in [2.05, 4.69) is 22.3 Å². The molecule has 2 saturated carbocycles. The van der Waals surface area contributed by atoms with Crippen molar-refractivity contribution in [1.82, 2.24) is 30.2 Å². The normalized spacial score (nSPS) is 20.6. The van der Waals surface area contributed by atoms with Crippen LogP contribution in [0, 0.1) is 5.92 Å². The van der Waals surface area contributed by atoms with E-state index in [1.165, 1.54) is 37.0 Å². The van der Waals surface area contributed by atoms with Crippen molar-refractivity contribution in [2.45, 2.75) is 152 Å².